The molecule has 0 saturated carbocycles. The highest BCUT2D eigenvalue weighted by Crippen LogP contribution is 2.21. The number of hydrogen-bond acceptors (Lipinski definition) is 5. The molecule has 0 aliphatic heterocycles. The van der Waals surface area contributed by atoms with E-state index >= 15 is 0 Å². The highest BCUT2D eigenvalue weighted by atomic mass is 19.1. The zero-order valence-corrected chi connectivity index (χ0v) is 13.1. The molecule has 120 valence electrons. The second-order valence-electron chi connectivity index (χ2n) is 5.08. The molecule has 7 heteroatoms. The van der Waals surface area contributed by atoms with E-state index in [-0.39, 0.29) is 5.82 Å². The van der Waals surface area contributed by atoms with Gasteiger partial charge in [0.05, 0.1) is 12.2 Å². The lowest BCUT2D eigenvalue weighted by Crippen LogP contribution is -2.24. The van der Waals surface area contributed by atoms with Crippen LogP contribution in [0.15, 0.2) is 36.4 Å². The monoisotopic (exact) mass is 315 g/mol. The van der Waals surface area contributed by atoms with Gasteiger partial charge in [0.1, 0.15) is 11.6 Å². The van der Waals surface area contributed by atoms with Crippen LogP contribution in [0.1, 0.15) is 6.92 Å². The average molecular weight is 315 g/mol. The highest BCUT2D eigenvalue weighted by molar-refractivity contribution is 5.60. The molecule has 2 aromatic heterocycles. The van der Waals surface area contributed by atoms with Crippen molar-refractivity contribution in [3.8, 4) is 11.4 Å². The number of rotatable bonds is 6. The van der Waals surface area contributed by atoms with Crippen LogP contribution in [-0.2, 0) is 4.74 Å². The van der Waals surface area contributed by atoms with E-state index < -0.39 is 0 Å². The van der Waals surface area contributed by atoms with E-state index in [2.05, 4.69) is 15.3 Å². The number of anilines is 1. The fraction of sp³-hybridized carbons (Fsp3) is 0.312. The minimum atomic E-state index is -0.348. The van der Waals surface area contributed by atoms with Crippen LogP contribution in [0.2, 0.25) is 0 Å². The predicted octanol–water partition coefficient (Wildman–Crippen LogP) is 2.40. The van der Waals surface area contributed by atoms with E-state index in [0.29, 0.717) is 36.8 Å². The van der Waals surface area contributed by atoms with E-state index in [1.165, 1.54) is 6.07 Å². The van der Waals surface area contributed by atoms with Gasteiger partial charge in [-0.15, -0.1) is 15.3 Å². The minimum Gasteiger partial charge on any atom is -0.380 e. The lowest BCUT2D eigenvalue weighted by Gasteiger charge is -2.17. The number of fused-ring (bicyclic) bond motifs is 1. The molecule has 2 heterocycles. The largest absolute Gasteiger partial charge is 0.380 e. The molecule has 6 nitrogen and oxygen atoms in total. The standard InChI is InChI=1S/C16H18FN5O/c1-3-23-11-10-21(2)15-9-8-14-18-19-16(22(14)20-15)12-6-4-5-7-13(12)17/h4-9H,3,10-11H2,1-2H3. The Balaban J connectivity index is 1.96. The quantitative estimate of drug-likeness (QED) is 0.654. The summed E-state index contributed by atoms with van der Waals surface area (Å²) < 4.78 is 20.9. The Hall–Kier alpha value is -2.54. The first kappa shape index (κ1) is 15.4. The zero-order chi connectivity index (χ0) is 16.2. The molecule has 0 aliphatic rings. The van der Waals surface area contributed by atoms with Crippen molar-refractivity contribution < 1.29 is 9.13 Å². The van der Waals surface area contributed by atoms with Gasteiger partial charge in [-0.25, -0.2) is 4.39 Å². The van der Waals surface area contributed by atoms with Gasteiger partial charge in [-0.3, -0.25) is 0 Å². The Morgan fingerprint density at radius 1 is 1.17 bits per heavy atom. The molecule has 0 amide bonds. The lowest BCUT2D eigenvalue weighted by molar-refractivity contribution is 0.154. The molecule has 23 heavy (non-hydrogen) atoms. The molecule has 0 spiro atoms. The molecular formula is C16H18FN5O. The number of hydrogen-bond donors (Lipinski definition) is 0. The molecule has 0 bridgehead atoms. The summed E-state index contributed by atoms with van der Waals surface area (Å²) in [5.74, 6) is 0.784. The third kappa shape index (κ3) is 3.14. The second-order valence-corrected chi connectivity index (χ2v) is 5.08. The number of halogens is 1. The average Bonchev–Trinajstić information content (AvgIpc) is 2.98. The van der Waals surface area contributed by atoms with E-state index in [4.69, 9.17) is 4.74 Å². The topological polar surface area (TPSA) is 55.5 Å². The van der Waals surface area contributed by atoms with Crippen LogP contribution in [0.4, 0.5) is 10.2 Å². The summed E-state index contributed by atoms with van der Waals surface area (Å²) in [4.78, 5) is 1.97. The Morgan fingerprint density at radius 2 is 2.00 bits per heavy atom. The van der Waals surface area contributed by atoms with Gasteiger partial charge < -0.3 is 9.64 Å². The summed E-state index contributed by atoms with van der Waals surface area (Å²) in [7, 11) is 1.93. The second kappa shape index (κ2) is 6.70. The van der Waals surface area contributed by atoms with Crippen molar-refractivity contribution in [3.05, 3.63) is 42.2 Å². The lowest BCUT2D eigenvalue weighted by atomic mass is 10.2. The van der Waals surface area contributed by atoms with E-state index in [0.717, 1.165) is 5.82 Å². The van der Waals surface area contributed by atoms with Crippen LogP contribution in [0.5, 0.6) is 0 Å². The molecule has 0 radical (unpaired) electrons. The fourth-order valence-electron chi connectivity index (χ4n) is 2.25. The van der Waals surface area contributed by atoms with Crippen molar-refractivity contribution in [1.29, 1.82) is 0 Å². The van der Waals surface area contributed by atoms with Gasteiger partial charge in [0.25, 0.3) is 0 Å². The van der Waals surface area contributed by atoms with Crippen LogP contribution in [0, 0.1) is 5.82 Å². The van der Waals surface area contributed by atoms with Crippen LogP contribution in [-0.4, -0.2) is 46.6 Å². The predicted molar refractivity (Wildman–Crippen MR) is 85.9 cm³/mol. The Morgan fingerprint density at radius 3 is 2.78 bits per heavy atom. The molecule has 0 fully saturated rings. The smallest absolute Gasteiger partial charge is 0.188 e. The molecular weight excluding hydrogens is 297 g/mol. The van der Waals surface area contributed by atoms with Gasteiger partial charge in [-0.05, 0) is 31.2 Å². The summed E-state index contributed by atoms with van der Waals surface area (Å²) in [5.41, 5.74) is 0.951. The zero-order valence-electron chi connectivity index (χ0n) is 13.1. The summed E-state index contributed by atoms with van der Waals surface area (Å²) in [6, 6.07) is 10.1. The summed E-state index contributed by atoms with van der Waals surface area (Å²) >= 11 is 0. The van der Waals surface area contributed by atoms with Gasteiger partial charge in [0, 0.05) is 20.2 Å². The molecule has 0 atom stereocenters. The van der Waals surface area contributed by atoms with Gasteiger partial charge in [-0.1, -0.05) is 12.1 Å². The van der Waals surface area contributed by atoms with E-state index in [1.54, 1.807) is 22.7 Å². The van der Waals surface area contributed by atoms with Crippen molar-refractivity contribution in [2.75, 3.05) is 31.7 Å². The Labute approximate surface area is 133 Å². The van der Waals surface area contributed by atoms with Gasteiger partial charge in [0.15, 0.2) is 11.5 Å². The SMILES string of the molecule is CCOCCN(C)c1ccc2nnc(-c3ccccc3F)n2n1. The van der Waals surface area contributed by atoms with Crippen LogP contribution >= 0.6 is 0 Å². The summed E-state index contributed by atoms with van der Waals surface area (Å²) in [6.45, 7) is 3.98. The van der Waals surface area contributed by atoms with Gasteiger partial charge in [-0.2, -0.15) is 4.52 Å². The number of ether oxygens (including phenoxy) is 1. The molecule has 1 aromatic carbocycles. The normalized spacial score (nSPS) is 11.1. The fourth-order valence-corrected chi connectivity index (χ4v) is 2.25. The molecule has 0 aliphatic carbocycles. The van der Waals surface area contributed by atoms with Crippen molar-refractivity contribution in [3.63, 3.8) is 0 Å². The first-order valence-corrected chi connectivity index (χ1v) is 7.47. The molecule has 3 aromatic rings. The Bertz CT molecular complexity index is 804. The number of nitrogens with zero attached hydrogens (tertiary/aromatic N) is 5. The summed E-state index contributed by atoms with van der Waals surface area (Å²) in [6.07, 6.45) is 0. The first-order chi connectivity index (χ1) is 11.2. The summed E-state index contributed by atoms with van der Waals surface area (Å²) in [5, 5.41) is 12.6. The molecule has 3 rings (SSSR count). The van der Waals surface area contributed by atoms with Crippen molar-refractivity contribution in [1.82, 2.24) is 19.8 Å². The maximum absolute atomic E-state index is 14.0. The third-order valence-electron chi connectivity index (χ3n) is 3.53. The van der Waals surface area contributed by atoms with Crippen LogP contribution in [0.25, 0.3) is 17.0 Å². The van der Waals surface area contributed by atoms with Gasteiger partial charge in [0.2, 0.25) is 0 Å². The van der Waals surface area contributed by atoms with Gasteiger partial charge >= 0.3 is 0 Å². The number of benzene rings is 1. The van der Waals surface area contributed by atoms with Crippen molar-refractivity contribution >= 4 is 11.5 Å². The maximum atomic E-state index is 14.0. The van der Waals surface area contributed by atoms with Crippen molar-refractivity contribution in [2.24, 2.45) is 0 Å². The van der Waals surface area contributed by atoms with Crippen LogP contribution in [0.3, 0.4) is 0 Å². The third-order valence-corrected chi connectivity index (χ3v) is 3.53. The molecule has 0 N–H and O–H groups in total. The maximum Gasteiger partial charge on any atom is 0.188 e. The minimum absolute atomic E-state index is 0.348. The molecule has 0 unspecified atom stereocenters. The molecule has 0 saturated heterocycles. The highest BCUT2D eigenvalue weighted by Gasteiger charge is 2.14. The first-order valence-electron chi connectivity index (χ1n) is 7.47. The number of aromatic nitrogens is 4. The van der Waals surface area contributed by atoms with E-state index in [1.807, 2.05) is 31.0 Å². The van der Waals surface area contributed by atoms with Crippen molar-refractivity contribution in [2.45, 2.75) is 6.92 Å². The van der Waals surface area contributed by atoms with E-state index in [9.17, 15) is 4.39 Å². The van der Waals surface area contributed by atoms with Crippen LogP contribution < -0.4 is 4.90 Å². The Kier molecular flexibility index (Phi) is 4.47. The number of likely N-dealkylation sites (N-methyl/N-ethyl adjacent to an activating group) is 1.